The second-order valence-electron chi connectivity index (χ2n) is 7.20. The number of hydrazone groups is 1. The first-order valence-electron chi connectivity index (χ1n) is 9.23. The van der Waals surface area contributed by atoms with Gasteiger partial charge in [-0.25, -0.2) is 5.01 Å². The van der Waals surface area contributed by atoms with E-state index in [2.05, 4.69) is 43.3 Å². The molecule has 5 heteroatoms. The molecule has 3 nitrogen and oxygen atoms in total. The fourth-order valence-corrected chi connectivity index (χ4v) is 4.42. The van der Waals surface area contributed by atoms with Crippen LogP contribution in [-0.2, 0) is 0 Å². The molecule has 0 bridgehead atoms. The summed E-state index contributed by atoms with van der Waals surface area (Å²) in [6.45, 7) is 2.07. The van der Waals surface area contributed by atoms with Crippen LogP contribution in [0.15, 0.2) is 71.8 Å². The average Bonchev–Trinajstić information content (AvgIpc) is 3.15. The Labute approximate surface area is 174 Å². The molecule has 0 aliphatic carbocycles. The molecule has 140 valence electrons. The highest BCUT2D eigenvalue weighted by Crippen LogP contribution is 2.50. The molecule has 0 saturated carbocycles. The van der Waals surface area contributed by atoms with Gasteiger partial charge in [0, 0.05) is 22.6 Å². The van der Waals surface area contributed by atoms with Crippen molar-refractivity contribution in [1.82, 2.24) is 5.01 Å². The summed E-state index contributed by atoms with van der Waals surface area (Å²) in [6.07, 6.45) is 0.442. The molecular formula is C23H18Cl2N2O. The number of fused-ring (bicyclic) bond motifs is 3. The minimum atomic E-state index is -0.335. The molecule has 2 atom stereocenters. The van der Waals surface area contributed by atoms with Crippen molar-refractivity contribution in [3.05, 3.63) is 99.0 Å². The Balaban J connectivity index is 1.63. The molecule has 0 spiro atoms. The molecule has 0 radical (unpaired) electrons. The minimum absolute atomic E-state index is 0.0291. The molecule has 0 amide bonds. The number of hydrogen-bond acceptors (Lipinski definition) is 3. The molecule has 3 aromatic carbocycles. The summed E-state index contributed by atoms with van der Waals surface area (Å²) >= 11 is 12.8. The Bertz CT molecular complexity index is 1060. The maximum Gasteiger partial charge on any atom is 0.213 e. The molecule has 2 heterocycles. The second-order valence-corrected chi connectivity index (χ2v) is 8.04. The Hall–Kier alpha value is -2.49. The number of halogens is 2. The zero-order valence-electron chi connectivity index (χ0n) is 15.3. The van der Waals surface area contributed by atoms with Gasteiger partial charge in [0.2, 0.25) is 6.23 Å². The average molecular weight is 409 g/mol. The molecule has 0 aromatic heterocycles. The highest BCUT2D eigenvalue weighted by atomic mass is 35.5. The lowest BCUT2D eigenvalue weighted by molar-refractivity contribution is -0.0189. The van der Waals surface area contributed by atoms with E-state index in [0.717, 1.165) is 28.8 Å². The van der Waals surface area contributed by atoms with Gasteiger partial charge in [0.05, 0.1) is 16.8 Å². The minimum Gasteiger partial charge on any atom is -0.463 e. The van der Waals surface area contributed by atoms with E-state index in [9.17, 15) is 0 Å². The van der Waals surface area contributed by atoms with E-state index in [-0.39, 0.29) is 12.3 Å². The monoisotopic (exact) mass is 408 g/mol. The maximum atomic E-state index is 6.50. The molecule has 3 aromatic rings. The van der Waals surface area contributed by atoms with Gasteiger partial charge in [-0.05, 0) is 24.6 Å². The molecule has 0 fully saturated rings. The van der Waals surface area contributed by atoms with Crippen LogP contribution >= 0.6 is 23.2 Å². The molecule has 28 heavy (non-hydrogen) atoms. The van der Waals surface area contributed by atoms with Crippen molar-refractivity contribution in [3.8, 4) is 5.75 Å². The fraction of sp³-hybridized carbons (Fsp3) is 0.174. The normalized spacial score (nSPS) is 20.2. The molecular weight excluding hydrogens is 391 g/mol. The zero-order chi connectivity index (χ0) is 19.3. The van der Waals surface area contributed by atoms with Crippen molar-refractivity contribution in [2.24, 2.45) is 5.10 Å². The van der Waals surface area contributed by atoms with E-state index in [1.165, 1.54) is 5.56 Å². The molecule has 0 N–H and O–H groups in total. The SMILES string of the molecule is Cc1ccc([C@H]2Oc3c(Cl)cc(Cl)cc3[C@H]3CC(c4ccccc4)=NN32)cc1. The summed E-state index contributed by atoms with van der Waals surface area (Å²) in [5, 5.41) is 8.14. The fourth-order valence-electron chi connectivity index (χ4n) is 3.87. The lowest BCUT2D eigenvalue weighted by atomic mass is 9.96. The Kier molecular flexibility index (Phi) is 4.30. The maximum absolute atomic E-state index is 6.50. The predicted molar refractivity (Wildman–Crippen MR) is 113 cm³/mol. The van der Waals surface area contributed by atoms with Gasteiger partial charge < -0.3 is 4.74 Å². The van der Waals surface area contributed by atoms with Crippen LogP contribution in [0.5, 0.6) is 5.75 Å². The van der Waals surface area contributed by atoms with Crippen LogP contribution in [0.2, 0.25) is 10.0 Å². The topological polar surface area (TPSA) is 24.8 Å². The number of benzene rings is 3. The van der Waals surface area contributed by atoms with Crippen LogP contribution in [0, 0.1) is 6.92 Å². The molecule has 5 rings (SSSR count). The summed E-state index contributed by atoms with van der Waals surface area (Å²) in [7, 11) is 0. The van der Waals surface area contributed by atoms with Gasteiger partial charge in [-0.3, -0.25) is 0 Å². The lowest BCUT2D eigenvalue weighted by Crippen LogP contribution is -2.33. The van der Waals surface area contributed by atoms with Crippen molar-refractivity contribution in [3.63, 3.8) is 0 Å². The largest absolute Gasteiger partial charge is 0.463 e. The first-order valence-corrected chi connectivity index (χ1v) is 9.99. The third kappa shape index (κ3) is 2.95. The quantitative estimate of drug-likeness (QED) is 0.480. The van der Waals surface area contributed by atoms with Gasteiger partial charge in [0.15, 0.2) is 0 Å². The highest BCUT2D eigenvalue weighted by Gasteiger charge is 2.42. The van der Waals surface area contributed by atoms with E-state index in [1.807, 2.05) is 29.3 Å². The van der Waals surface area contributed by atoms with Gasteiger partial charge >= 0.3 is 0 Å². The first kappa shape index (κ1) is 17.6. The Morgan fingerprint density at radius 3 is 2.50 bits per heavy atom. The molecule has 0 saturated heterocycles. The third-order valence-corrected chi connectivity index (χ3v) is 5.78. The van der Waals surface area contributed by atoms with Crippen molar-refractivity contribution < 1.29 is 4.74 Å². The van der Waals surface area contributed by atoms with Crippen LogP contribution in [0.3, 0.4) is 0 Å². The summed E-state index contributed by atoms with van der Waals surface area (Å²) in [5.74, 6) is 0.697. The van der Waals surface area contributed by atoms with Gasteiger partial charge in [-0.2, -0.15) is 5.10 Å². The number of nitrogens with zero attached hydrogens (tertiary/aromatic N) is 2. The van der Waals surface area contributed by atoms with Crippen LogP contribution in [0.1, 0.15) is 40.9 Å². The van der Waals surface area contributed by atoms with Crippen molar-refractivity contribution >= 4 is 28.9 Å². The van der Waals surface area contributed by atoms with E-state index in [1.54, 1.807) is 6.07 Å². The van der Waals surface area contributed by atoms with Crippen LogP contribution in [0.25, 0.3) is 0 Å². The number of aryl methyl sites for hydroxylation is 1. The van der Waals surface area contributed by atoms with Crippen LogP contribution < -0.4 is 4.74 Å². The molecule has 2 aliphatic rings. The standard InChI is InChI=1S/C23H18Cl2N2O/c1-14-7-9-16(10-8-14)23-27-21(13-20(26-27)15-5-3-2-4-6-15)18-11-17(24)12-19(25)22(18)28-23/h2-12,21,23H,13H2,1H3/t21-,23-/m1/s1. The van der Waals surface area contributed by atoms with Crippen molar-refractivity contribution in [2.45, 2.75) is 25.6 Å². The number of ether oxygens (including phenoxy) is 1. The first-order chi connectivity index (χ1) is 13.6. The predicted octanol–water partition coefficient (Wildman–Crippen LogP) is 6.54. The van der Waals surface area contributed by atoms with Gasteiger partial charge in [0.25, 0.3) is 0 Å². The van der Waals surface area contributed by atoms with Gasteiger partial charge in [-0.15, -0.1) is 0 Å². The Morgan fingerprint density at radius 2 is 1.75 bits per heavy atom. The summed E-state index contributed by atoms with van der Waals surface area (Å²) < 4.78 is 6.37. The van der Waals surface area contributed by atoms with E-state index >= 15 is 0 Å². The van der Waals surface area contributed by atoms with Crippen molar-refractivity contribution in [1.29, 1.82) is 0 Å². The lowest BCUT2D eigenvalue weighted by Gasteiger charge is -2.38. The van der Waals surface area contributed by atoms with Gasteiger partial charge in [0.1, 0.15) is 5.75 Å². The second kappa shape index (κ2) is 6.84. The number of rotatable bonds is 2. The zero-order valence-corrected chi connectivity index (χ0v) is 16.8. The summed E-state index contributed by atoms with van der Waals surface area (Å²) in [4.78, 5) is 0. The Morgan fingerprint density at radius 1 is 1.00 bits per heavy atom. The molecule has 0 unspecified atom stereocenters. The third-order valence-electron chi connectivity index (χ3n) is 5.28. The van der Waals surface area contributed by atoms with E-state index in [4.69, 9.17) is 33.0 Å². The van der Waals surface area contributed by atoms with E-state index < -0.39 is 0 Å². The van der Waals surface area contributed by atoms with Crippen LogP contribution in [-0.4, -0.2) is 10.7 Å². The number of hydrogen-bond donors (Lipinski definition) is 0. The molecule has 2 aliphatic heterocycles. The van der Waals surface area contributed by atoms with Crippen molar-refractivity contribution in [2.75, 3.05) is 0 Å². The van der Waals surface area contributed by atoms with Gasteiger partial charge in [-0.1, -0.05) is 83.4 Å². The van der Waals surface area contributed by atoms with Crippen LogP contribution in [0.4, 0.5) is 0 Å². The summed E-state index contributed by atoms with van der Waals surface area (Å²) in [5.41, 5.74) is 5.39. The van der Waals surface area contributed by atoms with E-state index in [0.29, 0.717) is 15.8 Å². The highest BCUT2D eigenvalue weighted by molar-refractivity contribution is 6.35. The smallest absolute Gasteiger partial charge is 0.213 e. The summed E-state index contributed by atoms with van der Waals surface area (Å²) in [6, 6.07) is 22.3.